The van der Waals surface area contributed by atoms with Gasteiger partial charge in [-0.25, -0.2) is 4.21 Å². The van der Waals surface area contributed by atoms with Crippen LogP contribution in [0.25, 0.3) is 9.81 Å². The molecule has 2 aromatic carbocycles. The van der Waals surface area contributed by atoms with Gasteiger partial charge in [-0.3, -0.25) is 0 Å². The molecule has 1 fully saturated rings. The Labute approximate surface area is 127 Å². The molecule has 0 saturated heterocycles. The van der Waals surface area contributed by atoms with Crippen LogP contribution >= 0.6 is 0 Å². The van der Waals surface area contributed by atoms with Crippen LogP contribution in [-0.4, -0.2) is 4.21 Å². The fourth-order valence-corrected chi connectivity index (χ4v) is 5.11. The first kappa shape index (κ1) is 12.8. The van der Waals surface area contributed by atoms with E-state index in [4.69, 9.17) is 0 Å². The van der Waals surface area contributed by atoms with Crippen LogP contribution < -0.4 is 0 Å². The van der Waals surface area contributed by atoms with Crippen LogP contribution in [0.3, 0.4) is 0 Å². The standard InChI is InChI=1S/C19H16OS/c20-21-18(14-8-3-1-4-9-14)16-12-7-13-17(16)19(21)15-10-5-2-6-11-15/h1-6,8-11H,7,12-13H2. The maximum absolute atomic E-state index is 13.1. The van der Waals surface area contributed by atoms with Crippen molar-refractivity contribution in [2.24, 2.45) is 0 Å². The molecule has 1 aliphatic heterocycles. The van der Waals surface area contributed by atoms with E-state index in [-0.39, 0.29) is 0 Å². The van der Waals surface area contributed by atoms with Gasteiger partial charge in [0.1, 0.15) is 0 Å². The Hall–Kier alpha value is -1.93. The topological polar surface area (TPSA) is 17.1 Å². The van der Waals surface area contributed by atoms with E-state index in [2.05, 4.69) is 24.3 Å². The number of hydrogen-bond acceptors (Lipinski definition) is 1. The van der Waals surface area contributed by atoms with Gasteiger partial charge >= 0.3 is 0 Å². The molecule has 0 bridgehead atoms. The largest absolute Gasteiger partial charge is 0.249 e. The van der Waals surface area contributed by atoms with E-state index in [1.807, 2.05) is 36.4 Å². The van der Waals surface area contributed by atoms with Gasteiger partial charge in [-0.05, 0) is 41.5 Å². The molecule has 4 rings (SSSR count). The summed E-state index contributed by atoms with van der Waals surface area (Å²) in [5, 5.41) is 0. The summed E-state index contributed by atoms with van der Waals surface area (Å²) in [6.45, 7) is 0. The summed E-state index contributed by atoms with van der Waals surface area (Å²) in [7, 11) is -1.05. The predicted molar refractivity (Wildman–Crippen MR) is 88.7 cm³/mol. The van der Waals surface area contributed by atoms with Crippen molar-refractivity contribution in [2.75, 3.05) is 0 Å². The highest BCUT2D eigenvalue weighted by molar-refractivity contribution is 8.03. The molecule has 0 atom stereocenters. The number of rotatable bonds is 2. The monoisotopic (exact) mass is 292 g/mol. The lowest BCUT2D eigenvalue weighted by atomic mass is 10.0. The van der Waals surface area contributed by atoms with E-state index in [1.165, 1.54) is 17.6 Å². The van der Waals surface area contributed by atoms with Crippen LogP contribution in [0.4, 0.5) is 0 Å². The fraction of sp³-hybridized carbons (Fsp3) is 0.158. The van der Waals surface area contributed by atoms with Crippen LogP contribution in [0.1, 0.15) is 30.4 Å². The minimum Gasteiger partial charge on any atom is -0.249 e. The molecule has 2 aromatic rings. The molecule has 0 aromatic heterocycles. The maximum atomic E-state index is 13.1. The second-order valence-corrected chi connectivity index (χ2v) is 6.82. The van der Waals surface area contributed by atoms with E-state index < -0.39 is 10.8 Å². The lowest BCUT2D eigenvalue weighted by molar-refractivity contribution is 0.694. The lowest BCUT2D eigenvalue weighted by Crippen LogP contribution is -1.95. The summed E-state index contributed by atoms with van der Waals surface area (Å²) in [6, 6.07) is 20.4. The molecule has 0 radical (unpaired) electrons. The van der Waals surface area contributed by atoms with Crippen molar-refractivity contribution in [3.63, 3.8) is 0 Å². The molecule has 0 amide bonds. The quantitative estimate of drug-likeness (QED) is 0.780. The van der Waals surface area contributed by atoms with E-state index in [1.54, 1.807) is 0 Å². The molecule has 21 heavy (non-hydrogen) atoms. The van der Waals surface area contributed by atoms with Crippen LogP contribution in [0, 0.1) is 0 Å². The minimum atomic E-state index is -1.05. The lowest BCUT2D eigenvalue weighted by Gasteiger charge is -2.08. The normalized spacial score (nSPS) is 18.5. The van der Waals surface area contributed by atoms with E-state index in [0.29, 0.717) is 0 Å². The van der Waals surface area contributed by atoms with Gasteiger partial charge in [-0.1, -0.05) is 60.7 Å². The van der Waals surface area contributed by atoms with Crippen molar-refractivity contribution >= 4 is 20.6 Å². The first-order chi connectivity index (χ1) is 10.4. The van der Waals surface area contributed by atoms with Crippen molar-refractivity contribution < 1.29 is 4.21 Å². The molecule has 1 saturated carbocycles. The third-order valence-electron chi connectivity index (χ3n) is 4.21. The zero-order chi connectivity index (χ0) is 14.2. The Morgan fingerprint density at radius 3 is 1.52 bits per heavy atom. The Kier molecular flexibility index (Phi) is 3.12. The van der Waals surface area contributed by atoms with Gasteiger partial charge in [-0.15, -0.1) is 0 Å². The summed E-state index contributed by atoms with van der Waals surface area (Å²) in [5.74, 6) is 0. The van der Waals surface area contributed by atoms with Gasteiger partial charge in [0.15, 0.2) is 0 Å². The van der Waals surface area contributed by atoms with Gasteiger partial charge in [-0.2, -0.15) is 0 Å². The Balaban J connectivity index is 1.88. The summed E-state index contributed by atoms with van der Waals surface area (Å²) in [6.07, 6.45) is 3.29. The third-order valence-corrected chi connectivity index (χ3v) is 5.91. The zero-order valence-corrected chi connectivity index (χ0v) is 12.5. The van der Waals surface area contributed by atoms with Gasteiger partial charge in [0.25, 0.3) is 0 Å². The van der Waals surface area contributed by atoms with Gasteiger partial charge in [0.05, 0.1) is 20.6 Å². The highest BCUT2D eigenvalue weighted by Gasteiger charge is 2.34. The third kappa shape index (κ3) is 2.02. The highest BCUT2D eigenvalue weighted by Crippen LogP contribution is 2.50. The number of allylic oxidation sites excluding steroid dienone is 2. The van der Waals surface area contributed by atoms with Crippen molar-refractivity contribution in [3.05, 3.63) is 82.9 Å². The summed E-state index contributed by atoms with van der Waals surface area (Å²) in [4.78, 5) is 2.09. The van der Waals surface area contributed by atoms with Gasteiger partial charge < -0.3 is 0 Å². The molecule has 0 N–H and O–H groups in total. The van der Waals surface area contributed by atoms with Crippen LogP contribution in [0.15, 0.2) is 71.8 Å². The second kappa shape index (κ2) is 5.12. The van der Waals surface area contributed by atoms with Gasteiger partial charge in [0, 0.05) is 0 Å². The smallest absolute Gasteiger partial charge is 0.0867 e. The predicted octanol–water partition coefficient (Wildman–Crippen LogP) is 4.76. The zero-order valence-electron chi connectivity index (χ0n) is 11.7. The van der Waals surface area contributed by atoms with E-state index >= 15 is 0 Å². The maximum Gasteiger partial charge on any atom is 0.0867 e. The molecule has 0 spiro atoms. The number of fused-ring (bicyclic) bond motifs is 1. The molecule has 0 unspecified atom stereocenters. The Morgan fingerprint density at radius 2 is 1.10 bits per heavy atom. The number of hydrogen-bond donors (Lipinski definition) is 0. The van der Waals surface area contributed by atoms with Crippen molar-refractivity contribution in [1.82, 2.24) is 0 Å². The molecule has 2 heteroatoms. The summed E-state index contributed by atoms with van der Waals surface area (Å²) in [5.41, 5.74) is 4.88. The SMILES string of the molecule is O=S1C(c2ccccc2)=C2CCCC2=C1c1ccccc1. The molecule has 1 aliphatic carbocycles. The van der Waals surface area contributed by atoms with Crippen LogP contribution in [-0.2, 0) is 10.8 Å². The van der Waals surface area contributed by atoms with E-state index in [0.717, 1.165) is 33.8 Å². The van der Waals surface area contributed by atoms with Gasteiger partial charge in [0.2, 0.25) is 0 Å². The molecule has 1 heterocycles. The Bertz CT molecular complexity index is 704. The Morgan fingerprint density at radius 1 is 0.667 bits per heavy atom. The first-order valence-electron chi connectivity index (χ1n) is 7.35. The fourth-order valence-electron chi connectivity index (χ4n) is 3.31. The second-order valence-electron chi connectivity index (χ2n) is 5.47. The summed E-state index contributed by atoms with van der Waals surface area (Å²) >= 11 is 0. The van der Waals surface area contributed by atoms with Crippen LogP contribution in [0.5, 0.6) is 0 Å². The molecular weight excluding hydrogens is 276 g/mol. The molecule has 104 valence electrons. The average Bonchev–Trinajstić information content (AvgIpc) is 3.08. The van der Waals surface area contributed by atoms with Crippen molar-refractivity contribution in [3.8, 4) is 0 Å². The molecule has 2 aliphatic rings. The van der Waals surface area contributed by atoms with E-state index in [9.17, 15) is 4.21 Å². The van der Waals surface area contributed by atoms with Crippen molar-refractivity contribution in [1.29, 1.82) is 0 Å². The average molecular weight is 292 g/mol. The molecule has 1 nitrogen and oxygen atoms in total. The number of benzene rings is 2. The summed E-state index contributed by atoms with van der Waals surface area (Å²) < 4.78 is 13.1. The van der Waals surface area contributed by atoms with Crippen LogP contribution in [0.2, 0.25) is 0 Å². The highest BCUT2D eigenvalue weighted by atomic mass is 32.2. The first-order valence-corrected chi connectivity index (χ1v) is 8.50. The molecular formula is C19H16OS. The van der Waals surface area contributed by atoms with Crippen molar-refractivity contribution in [2.45, 2.75) is 19.3 Å². The minimum absolute atomic E-state index is 1.04.